The molecule has 0 saturated heterocycles. The summed E-state index contributed by atoms with van der Waals surface area (Å²) in [4.78, 5) is 7.65. The maximum atomic E-state index is 12.7. The van der Waals surface area contributed by atoms with Gasteiger partial charge in [-0.1, -0.05) is 12.1 Å². The smallest absolute Gasteiger partial charge is 0.387 e. The van der Waals surface area contributed by atoms with Crippen molar-refractivity contribution < 1.29 is 35.5 Å². The van der Waals surface area contributed by atoms with Gasteiger partial charge in [-0.2, -0.15) is 17.6 Å². The lowest BCUT2D eigenvalue weighted by atomic mass is 10.1. The van der Waals surface area contributed by atoms with Crippen LogP contribution in [-0.4, -0.2) is 37.9 Å². The average Bonchev–Trinajstić information content (AvgIpc) is 3.32. The molecular formula is C19H16F4N2O4S. The molecule has 6 nitrogen and oxygen atoms in total. The highest BCUT2D eigenvalue weighted by Crippen LogP contribution is 2.55. The number of hydrogen-bond acceptors (Lipinski definition) is 5. The first-order valence-electron chi connectivity index (χ1n) is 8.85. The van der Waals surface area contributed by atoms with Crippen molar-refractivity contribution in [1.29, 1.82) is 0 Å². The molecule has 0 aliphatic heterocycles. The van der Waals surface area contributed by atoms with Crippen molar-refractivity contribution in [3.63, 3.8) is 0 Å². The van der Waals surface area contributed by atoms with Gasteiger partial charge in [0.1, 0.15) is 11.3 Å². The van der Waals surface area contributed by atoms with Gasteiger partial charge >= 0.3 is 13.2 Å². The molecule has 1 heterocycles. The Morgan fingerprint density at radius 3 is 2.40 bits per heavy atom. The predicted molar refractivity (Wildman–Crippen MR) is 99.0 cm³/mol. The first-order chi connectivity index (χ1) is 14.1. The predicted octanol–water partition coefficient (Wildman–Crippen LogP) is 4.44. The third-order valence-corrected chi connectivity index (χ3v) is 5.99. The van der Waals surface area contributed by atoms with Gasteiger partial charge < -0.3 is 14.5 Å². The zero-order valence-corrected chi connectivity index (χ0v) is 16.3. The van der Waals surface area contributed by atoms with Crippen LogP contribution in [0.2, 0.25) is 0 Å². The highest BCUT2D eigenvalue weighted by atomic mass is 32.2. The van der Waals surface area contributed by atoms with Gasteiger partial charge in [-0.05, 0) is 42.2 Å². The van der Waals surface area contributed by atoms with Gasteiger partial charge in [0, 0.05) is 12.2 Å². The van der Waals surface area contributed by atoms with Crippen LogP contribution in [0.25, 0.3) is 11.0 Å². The lowest BCUT2D eigenvalue weighted by Gasteiger charge is -2.13. The minimum atomic E-state index is -3.46. The van der Waals surface area contributed by atoms with Crippen molar-refractivity contribution >= 4 is 20.9 Å². The molecule has 3 aromatic rings. The highest BCUT2D eigenvalue weighted by molar-refractivity contribution is 7.91. The fourth-order valence-electron chi connectivity index (χ4n) is 3.50. The molecule has 2 aromatic carbocycles. The van der Waals surface area contributed by atoms with E-state index >= 15 is 0 Å². The van der Waals surface area contributed by atoms with E-state index in [-0.39, 0.29) is 16.7 Å². The summed E-state index contributed by atoms with van der Waals surface area (Å²) < 4.78 is 82.8. The van der Waals surface area contributed by atoms with Gasteiger partial charge in [-0.25, -0.2) is 13.4 Å². The van der Waals surface area contributed by atoms with E-state index in [1.165, 1.54) is 18.2 Å². The number of aromatic amines is 1. The fourth-order valence-corrected chi connectivity index (χ4v) is 4.33. The van der Waals surface area contributed by atoms with Crippen molar-refractivity contribution in [2.75, 3.05) is 6.26 Å². The van der Waals surface area contributed by atoms with Crippen molar-refractivity contribution in [1.82, 2.24) is 9.97 Å². The van der Waals surface area contributed by atoms with Gasteiger partial charge in [0.25, 0.3) is 0 Å². The van der Waals surface area contributed by atoms with Crippen LogP contribution in [-0.2, 0) is 9.84 Å². The van der Waals surface area contributed by atoms with Gasteiger partial charge in [0.2, 0.25) is 0 Å². The Labute approximate surface area is 168 Å². The molecular weight excluding hydrogens is 428 g/mol. The topological polar surface area (TPSA) is 81.3 Å². The summed E-state index contributed by atoms with van der Waals surface area (Å²) in [6.07, 6.45) is 1.72. The van der Waals surface area contributed by atoms with Gasteiger partial charge in [0.05, 0.1) is 10.4 Å². The molecule has 30 heavy (non-hydrogen) atoms. The van der Waals surface area contributed by atoms with Gasteiger partial charge in [-0.3, -0.25) is 0 Å². The number of imidazole rings is 1. The fraction of sp³-hybridized carbons (Fsp3) is 0.316. The minimum absolute atomic E-state index is 0.105. The molecule has 11 heteroatoms. The van der Waals surface area contributed by atoms with E-state index < -0.39 is 34.6 Å². The molecule has 1 saturated carbocycles. The molecule has 4 rings (SSSR count). The number of aromatic nitrogens is 2. The number of fused-ring (bicyclic) bond motifs is 1. The van der Waals surface area contributed by atoms with Crippen molar-refractivity contribution in [3.05, 3.63) is 47.8 Å². The Kier molecular flexibility index (Phi) is 5.08. The number of H-pyrrole nitrogens is 1. The summed E-state index contributed by atoms with van der Waals surface area (Å²) >= 11 is 0. The lowest BCUT2D eigenvalue weighted by Crippen LogP contribution is -2.08. The zero-order valence-electron chi connectivity index (χ0n) is 15.5. The number of rotatable bonds is 7. The van der Waals surface area contributed by atoms with E-state index in [4.69, 9.17) is 0 Å². The Morgan fingerprint density at radius 1 is 1.03 bits per heavy atom. The maximum Gasteiger partial charge on any atom is 0.387 e. The number of benzene rings is 2. The van der Waals surface area contributed by atoms with Crippen molar-refractivity contribution in [3.8, 4) is 11.5 Å². The number of nitrogens with zero attached hydrogens (tertiary/aromatic N) is 1. The minimum Gasteiger partial charge on any atom is -0.431 e. The molecule has 160 valence electrons. The Balaban J connectivity index is 1.63. The summed E-state index contributed by atoms with van der Waals surface area (Å²) in [5.41, 5.74) is 1.50. The molecule has 1 fully saturated rings. The second-order valence-corrected chi connectivity index (χ2v) is 8.94. The van der Waals surface area contributed by atoms with Crippen LogP contribution in [0.3, 0.4) is 0 Å². The largest absolute Gasteiger partial charge is 0.431 e. The first-order valence-corrected chi connectivity index (χ1v) is 10.7. The maximum absolute atomic E-state index is 12.7. The normalized spacial score (nSPS) is 18.9. The molecule has 2 unspecified atom stereocenters. The molecule has 1 aliphatic rings. The number of alkyl halides is 4. The molecule has 0 amide bonds. The van der Waals surface area contributed by atoms with Crippen LogP contribution in [0.15, 0.2) is 41.3 Å². The molecule has 0 spiro atoms. The number of ether oxygens (including phenoxy) is 2. The SMILES string of the molecule is CS(=O)(=O)c1cccc2[nH]c(C3CC3c3ccc(OC(F)F)c(OC(F)F)c3)nc12. The molecule has 1 N–H and O–H groups in total. The highest BCUT2D eigenvalue weighted by Gasteiger charge is 2.42. The molecule has 0 bridgehead atoms. The van der Waals surface area contributed by atoms with Crippen LogP contribution in [0.4, 0.5) is 17.6 Å². The number of hydrogen-bond donors (Lipinski definition) is 1. The van der Waals surface area contributed by atoms with Crippen LogP contribution < -0.4 is 9.47 Å². The zero-order chi connectivity index (χ0) is 21.6. The molecule has 1 aliphatic carbocycles. The number of nitrogens with one attached hydrogen (secondary N) is 1. The number of halogens is 4. The Bertz CT molecular complexity index is 1200. The third kappa shape index (κ3) is 4.07. The summed E-state index contributed by atoms with van der Waals surface area (Å²) in [6, 6.07) is 8.71. The van der Waals surface area contributed by atoms with Crippen molar-refractivity contribution in [2.45, 2.75) is 36.4 Å². The summed E-state index contributed by atoms with van der Waals surface area (Å²) in [5.74, 6) is -0.612. The van der Waals surface area contributed by atoms with Crippen molar-refractivity contribution in [2.24, 2.45) is 0 Å². The molecule has 2 atom stereocenters. The van der Waals surface area contributed by atoms with E-state index in [1.54, 1.807) is 12.1 Å². The summed E-state index contributed by atoms with van der Waals surface area (Å²) in [5, 5.41) is 0. The van der Waals surface area contributed by atoms with E-state index in [2.05, 4.69) is 19.4 Å². The van der Waals surface area contributed by atoms with Gasteiger partial charge in [-0.15, -0.1) is 0 Å². The van der Waals surface area contributed by atoms with Crippen LogP contribution in [0, 0.1) is 0 Å². The van der Waals surface area contributed by atoms with E-state index in [0.717, 1.165) is 12.3 Å². The Morgan fingerprint density at radius 2 is 1.73 bits per heavy atom. The monoisotopic (exact) mass is 444 g/mol. The number of sulfone groups is 1. The summed E-state index contributed by atoms with van der Waals surface area (Å²) in [6.45, 7) is -6.37. The van der Waals surface area contributed by atoms with Gasteiger partial charge in [0.15, 0.2) is 21.3 Å². The van der Waals surface area contributed by atoms with E-state index in [9.17, 15) is 26.0 Å². The average molecular weight is 444 g/mol. The number of para-hydroxylation sites is 1. The Hall–Kier alpha value is -2.82. The quantitative estimate of drug-likeness (QED) is 0.545. The lowest BCUT2D eigenvalue weighted by molar-refractivity contribution is -0.0692. The second kappa shape index (κ2) is 7.46. The van der Waals surface area contributed by atoms with Crippen LogP contribution >= 0.6 is 0 Å². The second-order valence-electron chi connectivity index (χ2n) is 6.96. The van der Waals surface area contributed by atoms with Crippen LogP contribution in [0.5, 0.6) is 11.5 Å². The first kappa shape index (κ1) is 20.5. The molecule has 0 radical (unpaired) electrons. The standard InChI is InChI=1S/C19H16F4N2O4S/c1-30(26,27)15-4-2-3-12-16(15)25-17(24-12)11-8-10(11)9-5-6-13(28-18(20)21)14(7-9)29-19(22)23/h2-7,10-11,18-19H,8H2,1H3,(H,24,25). The molecule has 1 aromatic heterocycles. The third-order valence-electron chi connectivity index (χ3n) is 4.86. The van der Waals surface area contributed by atoms with E-state index in [1.807, 2.05) is 0 Å². The van der Waals surface area contributed by atoms with Crippen LogP contribution in [0.1, 0.15) is 29.6 Å². The summed E-state index contributed by atoms with van der Waals surface area (Å²) in [7, 11) is -3.46. The van der Waals surface area contributed by atoms with E-state index in [0.29, 0.717) is 28.8 Å².